The van der Waals surface area contributed by atoms with Crippen LogP contribution in [0, 0.1) is 11.8 Å². The topological polar surface area (TPSA) is 84.0 Å². The Hall–Kier alpha value is -3.48. The van der Waals surface area contributed by atoms with E-state index in [1.54, 1.807) is 29.2 Å². The predicted molar refractivity (Wildman–Crippen MR) is 114 cm³/mol. The van der Waals surface area contributed by atoms with Crippen LogP contribution in [-0.2, 0) is 9.53 Å². The molecule has 2 aromatic carbocycles. The molecule has 1 saturated heterocycles. The number of likely N-dealkylation sites (tertiary alicyclic amines) is 1. The van der Waals surface area contributed by atoms with Gasteiger partial charge in [-0.05, 0) is 54.7 Å². The highest BCUT2D eigenvalue weighted by Crippen LogP contribution is 2.28. The number of amides is 3. The van der Waals surface area contributed by atoms with Gasteiger partial charge >= 0.3 is 5.97 Å². The lowest BCUT2D eigenvalue weighted by atomic mass is 9.92. The number of fused-ring (bicyclic) bond motifs is 1. The smallest absolute Gasteiger partial charge is 0.338 e. The number of esters is 1. The van der Waals surface area contributed by atoms with Crippen LogP contribution in [0.25, 0.3) is 0 Å². The van der Waals surface area contributed by atoms with E-state index < -0.39 is 17.8 Å². The van der Waals surface area contributed by atoms with E-state index in [9.17, 15) is 19.2 Å². The first-order valence-electron chi connectivity index (χ1n) is 10.4. The van der Waals surface area contributed by atoms with Crippen molar-refractivity contribution in [3.05, 3.63) is 65.2 Å². The quantitative estimate of drug-likeness (QED) is 0.560. The fourth-order valence-corrected chi connectivity index (χ4v) is 4.34. The number of carbonyl (C=O) groups excluding carboxylic acids is 4. The van der Waals surface area contributed by atoms with Crippen molar-refractivity contribution in [1.29, 1.82) is 0 Å². The summed E-state index contributed by atoms with van der Waals surface area (Å²) >= 11 is 0. The molecule has 0 unspecified atom stereocenters. The van der Waals surface area contributed by atoms with Gasteiger partial charge in [0.1, 0.15) is 0 Å². The van der Waals surface area contributed by atoms with Crippen LogP contribution < -0.4 is 4.90 Å². The molecule has 0 radical (unpaired) electrons. The van der Waals surface area contributed by atoms with Crippen molar-refractivity contribution in [3.8, 4) is 0 Å². The average Bonchev–Trinajstić information content (AvgIpc) is 3.01. The van der Waals surface area contributed by atoms with E-state index in [2.05, 4.69) is 13.8 Å². The van der Waals surface area contributed by atoms with Gasteiger partial charge < -0.3 is 9.64 Å². The van der Waals surface area contributed by atoms with Crippen LogP contribution in [0.4, 0.5) is 5.69 Å². The van der Waals surface area contributed by atoms with E-state index in [-0.39, 0.29) is 18.1 Å². The maximum Gasteiger partial charge on any atom is 0.338 e. The Bertz CT molecular complexity index is 1000. The molecule has 0 N–H and O–H groups in total. The SMILES string of the molecule is C[C@@H]1C[C@H](C)CN(C(=O)COC(=O)c2ccc(N3C(=O)c4ccccc4C3=O)cc2)C1. The zero-order valence-corrected chi connectivity index (χ0v) is 17.5. The van der Waals surface area contributed by atoms with Gasteiger partial charge in [0, 0.05) is 13.1 Å². The van der Waals surface area contributed by atoms with E-state index in [0.29, 0.717) is 41.7 Å². The van der Waals surface area contributed by atoms with E-state index in [1.807, 2.05) is 0 Å². The summed E-state index contributed by atoms with van der Waals surface area (Å²) in [4.78, 5) is 52.7. The minimum atomic E-state index is -0.625. The number of imide groups is 1. The molecule has 0 aliphatic carbocycles. The van der Waals surface area contributed by atoms with E-state index in [1.165, 1.54) is 24.3 Å². The highest BCUT2D eigenvalue weighted by molar-refractivity contribution is 6.34. The van der Waals surface area contributed by atoms with Crippen LogP contribution in [0.5, 0.6) is 0 Å². The summed E-state index contributed by atoms with van der Waals surface area (Å²) in [6.45, 7) is 5.26. The molecule has 7 heteroatoms. The zero-order chi connectivity index (χ0) is 22.1. The van der Waals surface area contributed by atoms with Gasteiger partial charge in [0.2, 0.25) is 0 Å². The van der Waals surface area contributed by atoms with Gasteiger partial charge in [-0.3, -0.25) is 14.4 Å². The standard InChI is InChI=1S/C24H24N2O5/c1-15-11-16(2)13-25(12-15)21(27)14-31-24(30)17-7-9-18(10-8-17)26-22(28)19-5-3-4-6-20(19)23(26)29/h3-10,15-16H,11-14H2,1-2H3/t15-,16+. The van der Waals surface area contributed by atoms with Crippen molar-refractivity contribution >= 4 is 29.4 Å². The van der Waals surface area contributed by atoms with Crippen LogP contribution in [0.15, 0.2) is 48.5 Å². The second kappa shape index (κ2) is 8.34. The van der Waals surface area contributed by atoms with Crippen molar-refractivity contribution in [1.82, 2.24) is 4.90 Å². The average molecular weight is 420 g/mol. The molecule has 160 valence electrons. The lowest BCUT2D eigenvalue weighted by Gasteiger charge is -2.34. The maximum absolute atomic E-state index is 12.6. The Kier molecular flexibility index (Phi) is 5.59. The zero-order valence-electron chi connectivity index (χ0n) is 17.5. The summed E-state index contributed by atoms with van der Waals surface area (Å²) in [5.41, 5.74) is 1.33. The molecule has 1 fully saturated rings. The largest absolute Gasteiger partial charge is 0.452 e. The molecular weight excluding hydrogens is 396 g/mol. The molecule has 0 saturated carbocycles. The van der Waals surface area contributed by atoms with Crippen molar-refractivity contribution in [2.24, 2.45) is 11.8 Å². The Morgan fingerprint density at radius 2 is 1.45 bits per heavy atom. The number of ether oxygens (including phenoxy) is 1. The second-order valence-electron chi connectivity index (χ2n) is 8.36. The van der Waals surface area contributed by atoms with Crippen LogP contribution in [0.3, 0.4) is 0 Å². The molecule has 0 bridgehead atoms. The number of hydrogen-bond donors (Lipinski definition) is 0. The van der Waals surface area contributed by atoms with E-state index >= 15 is 0 Å². The van der Waals surface area contributed by atoms with Crippen LogP contribution >= 0.6 is 0 Å². The van der Waals surface area contributed by atoms with E-state index in [4.69, 9.17) is 4.74 Å². The third-order valence-corrected chi connectivity index (χ3v) is 5.70. The number of hydrogen-bond acceptors (Lipinski definition) is 5. The first kappa shape index (κ1) is 20.8. The fourth-order valence-electron chi connectivity index (χ4n) is 4.34. The maximum atomic E-state index is 12.6. The molecule has 2 aliphatic rings. The normalized spacial score (nSPS) is 20.6. The highest BCUT2D eigenvalue weighted by atomic mass is 16.5. The van der Waals surface area contributed by atoms with E-state index in [0.717, 1.165) is 11.3 Å². The van der Waals surface area contributed by atoms with Gasteiger partial charge in [-0.2, -0.15) is 0 Å². The monoisotopic (exact) mass is 420 g/mol. The first-order chi connectivity index (χ1) is 14.8. The Morgan fingerprint density at radius 1 is 0.903 bits per heavy atom. The van der Waals surface area contributed by atoms with Crippen LogP contribution in [-0.4, -0.2) is 48.3 Å². The molecule has 2 atom stereocenters. The molecule has 0 aromatic heterocycles. The third kappa shape index (κ3) is 4.08. The summed E-state index contributed by atoms with van der Waals surface area (Å²) in [7, 11) is 0. The van der Waals surface area contributed by atoms with Crippen molar-refractivity contribution in [3.63, 3.8) is 0 Å². The number of piperidine rings is 1. The predicted octanol–water partition coefficient (Wildman–Crippen LogP) is 3.15. The van der Waals surface area contributed by atoms with Gasteiger partial charge in [0.15, 0.2) is 6.61 Å². The summed E-state index contributed by atoms with van der Waals surface area (Å²) in [5, 5.41) is 0. The Balaban J connectivity index is 1.38. The summed E-state index contributed by atoms with van der Waals surface area (Å²) in [6, 6.07) is 12.7. The lowest BCUT2D eigenvalue weighted by molar-refractivity contribution is -0.137. The molecule has 2 aliphatic heterocycles. The number of benzene rings is 2. The number of carbonyl (C=O) groups is 4. The molecule has 3 amide bonds. The van der Waals surface area contributed by atoms with Gasteiger partial charge in [-0.15, -0.1) is 0 Å². The summed E-state index contributed by atoms with van der Waals surface area (Å²) in [6.07, 6.45) is 1.09. The number of anilines is 1. The van der Waals surface area contributed by atoms with Gasteiger partial charge in [-0.1, -0.05) is 26.0 Å². The molecule has 7 nitrogen and oxygen atoms in total. The van der Waals surface area contributed by atoms with Crippen molar-refractivity contribution in [2.75, 3.05) is 24.6 Å². The number of nitrogens with zero attached hydrogens (tertiary/aromatic N) is 2. The second-order valence-corrected chi connectivity index (χ2v) is 8.36. The molecule has 4 rings (SSSR count). The highest BCUT2D eigenvalue weighted by Gasteiger charge is 2.36. The molecule has 0 spiro atoms. The molecule has 2 aromatic rings. The molecule has 31 heavy (non-hydrogen) atoms. The summed E-state index contributed by atoms with van der Waals surface area (Å²) < 4.78 is 5.19. The first-order valence-corrected chi connectivity index (χ1v) is 10.4. The minimum Gasteiger partial charge on any atom is -0.452 e. The third-order valence-electron chi connectivity index (χ3n) is 5.70. The lowest BCUT2D eigenvalue weighted by Crippen LogP contribution is -2.44. The van der Waals surface area contributed by atoms with Gasteiger partial charge in [0.25, 0.3) is 17.7 Å². The fraction of sp³-hybridized carbons (Fsp3) is 0.333. The molecular formula is C24H24N2O5. The Labute approximate surface area is 180 Å². The van der Waals surface area contributed by atoms with Crippen LogP contribution in [0.1, 0.15) is 51.3 Å². The Morgan fingerprint density at radius 3 is 2.00 bits per heavy atom. The summed E-state index contributed by atoms with van der Waals surface area (Å²) in [5.74, 6) is -0.760. The van der Waals surface area contributed by atoms with Crippen LogP contribution in [0.2, 0.25) is 0 Å². The van der Waals surface area contributed by atoms with Crippen molar-refractivity contribution < 1.29 is 23.9 Å². The van der Waals surface area contributed by atoms with Gasteiger partial charge in [-0.25, -0.2) is 9.69 Å². The number of rotatable bonds is 4. The molecule has 2 heterocycles. The van der Waals surface area contributed by atoms with Gasteiger partial charge in [0.05, 0.1) is 22.4 Å². The van der Waals surface area contributed by atoms with Crippen molar-refractivity contribution in [2.45, 2.75) is 20.3 Å². The minimum absolute atomic E-state index is 0.200.